The predicted octanol–water partition coefficient (Wildman–Crippen LogP) is 4.97. The van der Waals surface area contributed by atoms with Crippen molar-refractivity contribution < 1.29 is 14.7 Å². The third-order valence-electron chi connectivity index (χ3n) is 5.57. The number of carboxylic acid groups (broad SMARTS) is 1. The van der Waals surface area contributed by atoms with E-state index in [1.54, 1.807) is 0 Å². The fourth-order valence-corrected chi connectivity index (χ4v) is 3.63. The Morgan fingerprint density at radius 3 is 2.00 bits per heavy atom. The van der Waals surface area contributed by atoms with Crippen LogP contribution in [0.1, 0.15) is 77.9 Å². The van der Waals surface area contributed by atoms with Gasteiger partial charge >= 0.3 is 5.97 Å². The summed E-state index contributed by atoms with van der Waals surface area (Å²) in [4.78, 5) is 23.2. The molecule has 0 fully saturated rings. The molecule has 3 nitrogen and oxygen atoms in total. The Morgan fingerprint density at radius 1 is 0.852 bits per heavy atom. The average molecular weight is 360 g/mol. The Hall–Kier alpha value is -2.86. The highest BCUT2D eigenvalue weighted by atomic mass is 16.4. The first kappa shape index (κ1) is 18.9. The molecule has 2 aromatic rings. The molecule has 1 aliphatic rings. The van der Waals surface area contributed by atoms with E-state index < -0.39 is 5.97 Å². The van der Waals surface area contributed by atoms with Crippen LogP contribution in [0.2, 0.25) is 0 Å². The molecule has 3 heteroatoms. The molecule has 138 valence electrons. The number of Topliss-reactive ketones (excluding diaryl/α,β-unsaturated/α-hetero) is 1. The molecular formula is C24H24O3. The van der Waals surface area contributed by atoms with Crippen LogP contribution in [-0.2, 0) is 10.8 Å². The van der Waals surface area contributed by atoms with Crippen LogP contribution in [-0.4, -0.2) is 16.9 Å². The highest BCUT2D eigenvalue weighted by molar-refractivity contribution is 6.09. The Labute approximate surface area is 160 Å². The number of carbonyl (C=O) groups excluding carboxylic acids is 1. The molecule has 0 amide bonds. The van der Waals surface area contributed by atoms with Gasteiger partial charge in [0.25, 0.3) is 0 Å². The number of hydrogen-bond donors (Lipinski definition) is 1. The molecule has 0 saturated heterocycles. The molecule has 0 unspecified atom stereocenters. The molecular weight excluding hydrogens is 336 g/mol. The van der Waals surface area contributed by atoms with E-state index in [-0.39, 0.29) is 22.2 Å². The minimum atomic E-state index is -1.01. The Kier molecular flexibility index (Phi) is 4.70. The molecule has 0 saturated carbocycles. The topological polar surface area (TPSA) is 54.4 Å². The van der Waals surface area contributed by atoms with Gasteiger partial charge in [-0.3, -0.25) is 4.79 Å². The summed E-state index contributed by atoms with van der Waals surface area (Å²) < 4.78 is 0. The summed E-state index contributed by atoms with van der Waals surface area (Å²) in [6.07, 6.45) is 2.28. The third kappa shape index (κ3) is 3.80. The Bertz CT molecular complexity index is 967. The molecule has 0 atom stereocenters. The molecule has 0 radical (unpaired) electrons. The van der Waals surface area contributed by atoms with Crippen LogP contribution < -0.4 is 0 Å². The lowest BCUT2D eigenvalue weighted by molar-refractivity contribution is 0.0696. The first-order valence-electron chi connectivity index (χ1n) is 9.15. The largest absolute Gasteiger partial charge is 0.478 e. The van der Waals surface area contributed by atoms with Gasteiger partial charge in [0.1, 0.15) is 0 Å². The molecule has 0 aliphatic heterocycles. The molecule has 0 heterocycles. The maximum Gasteiger partial charge on any atom is 0.335 e. The number of rotatable bonds is 2. The van der Waals surface area contributed by atoms with E-state index in [0.29, 0.717) is 5.56 Å². The van der Waals surface area contributed by atoms with Crippen molar-refractivity contribution in [1.29, 1.82) is 0 Å². The second kappa shape index (κ2) is 6.70. The molecule has 0 bridgehead atoms. The summed E-state index contributed by atoms with van der Waals surface area (Å²) in [7, 11) is 0. The highest BCUT2D eigenvalue weighted by Gasteiger charge is 2.36. The quantitative estimate of drug-likeness (QED) is 0.608. The van der Waals surface area contributed by atoms with Crippen molar-refractivity contribution in [2.45, 2.75) is 51.4 Å². The molecule has 27 heavy (non-hydrogen) atoms. The summed E-state index contributed by atoms with van der Waals surface area (Å²) in [6, 6.07) is 12.1. The van der Waals surface area contributed by atoms with Crippen LogP contribution >= 0.6 is 0 Å². The maximum absolute atomic E-state index is 12.3. The van der Waals surface area contributed by atoms with E-state index in [2.05, 4.69) is 51.7 Å². The third-order valence-corrected chi connectivity index (χ3v) is 5.57. The molecule has 1 aliphatic carbocycles. The fraction of sp³-hybridized carbons (Fsp3) is 0.333. The molecule has 2 aromatic carbocycles. The molecule has 0 spiro atoms. The van der Waals surface area contributed by atoms with Gasteiger partial charge in [0.05, 0.1) is 5.56 Å². The zero-order valence-corrected chi connectivity index (χ0v) is 16.2. The van der Waals surface area contributed by atoms with Crippen molar-refractivity contribution in [3.63, 3.8) is 0 Å². The van der Waals surface area contributed by atoms with E-state index in [0.717, 1.165) is 18.4 Å². The van der Waals surface area contributed by atoms with Crippen LogP contribution in [0.5, 0.6) is 0 Å². The Morgan fingerprint density at radius 2 is 1.41 bits per heavy atom. The zero-order chi connectivity index (χ0) is 19.8. The van der Waals surface area contributed by atoms with Gasteiger partial charge in [-0.15, -0.1) is 0 Å². The summed E-state index contributed by atoms with van der Waals surface area (Å²) in [5, 5.41) is 8.93. The lowest BCUT2D eigenvalue weighted by Crippen LogP contribution is -2.33. The first-order valence-corrected chi connectivity index (χ1v) is 9.15. The number of hydrogen-bond acceptors (Lipinski definition) is 2. The SMILES string of the molecule is CC1(C)CCC(C)(C)c2cc(C#CC(=O)c3ccc(C(=O)O)cc3)ccc21. The number of aromatic carboxylic acids is 1. The number of ketones is 1. The van der Waals surface area contributed by atoms with Crippen molar-refractivity contribution >= 4 is 11.8 Å². The Balaban J connectivity index is 1.89. The van der Waals surface area contributed by atoms with E-state index in [1.165, 1.54) is 35.4 Å². The number of carbonyl (C=O) groups is 2. The summed E-state index contributed by atoms with van der Waals surface area (Å²) in [5.41, 5.74) is 4.29. The van der Waals surface area contributed by atoms with E-state index in [4.69, 9.17) is 5.11 Å². The normalized spacial score (nSPS) is 16.6. The van der Waals surface area contributed by atoms with Gasteiger partial charge in [0.2, 0.25) is 5.78 Å². The van der Waals surface area contributed by atoms with Crippen LogP contribution in [0.25, 0.3) is 0 Å². The van der Waals surface area contributed by atoms with Gasteiger partial charge < -0.3 is 5.11 Å². The van der Waals surface area contributed by atoms with E-state index >= 15 is 0 Å². The summed E-state index contributed by atoms with van der Waals surface area (Å²) in [6.45, 7) is 9.06. The molecule has 0 aromatic heterocycles. The molecule has 3 rings (SSSR count). The van der Waals surface area contributed by atoms with Crippen molar-refractivity contribution in [3.05, 3.63) is 70.3 Å². The lowest BCUT2D eigenvalue weighted by Gasteiger charge is -2.41. The van der Waals surface area contributed by atoms with Crippen molar-refractivity contribution in [2.75, 3.05) is 0 Å². The van der Waals surface area contributed by atoms with Gasteiger partial charge in [0.15, 0.2) is 0 Å². The van der Waals surface area contributed by atoms with Gasteiger partial charge in [-0.1, -0.05) is 39.7 Å². The average Bonchev–Trinajstić information content (AvgIpc) is 2.63. The van der Waals surface area contributed by atoms with Gasteiger partial charge in [-0.2, -0.15) is 0 Å². The van der Waals surface area contributed by atoms with Gasteiger partial charge in [0, 0.05) is 11.1 Å². The standard InChI is InChI=1S/C24H24O3/c1-23(2)13-14-24(3,4)20-15-16(5-11-19(20)23)6-12-21(25)17-7-9-18(10-8-17)22(26)27/h5,7-11,15H,13-14H2,1-4H3,(H,26,27). The summed E-state index contributed by atoms with van der Waals surface area (Å²) >= 11 is 0. The van der Waals surface area contributed by atoms with E-state index in [1.807, 2.05) is 6.07 Å². The zero-order valence-electron chi connectivity index (χ0n) is 16.2. The van der Waals surface area contributed by atoms with Crippen molar-refractivity contribution in [3.8, 4) is 11.8 Å². The van der Waals surface area contributed by atoms with Crippen LogP contribution in [0, 0.1) is 11.8 Å². The second-order valence-electron chi connectivity index (χ2n) is 8.49. The monoisotopic (exact) mass is 360 g/mol. The predicted molar refractivity (Wildman–Crippen MR) is 106 cm³/mol. The van der Waals surface area contributed by atoms with Crippen molar-refractivity contribution in [1.82, 2.24) is 0 Å². The minimum Gasteiger partial charge on any atom is -0.478 e. The number of fused-ring (bicyclic) bond motifs is 1. The molecule has 1 N–H and O–H groups in total. The van der Waals surface area contributed by atoms with Crippen LogP contribution in [0.3, 0.4) is 0 Å². The van der Waals surface area contributed by atoms with Crippen molar-refractivity contribution in [2.24, 2.45) is 0 Å². The highest BCUT2D eigenvalue weighted by Crippen LogP contribution is 2.45. The first-order chi connectivity index (χ1) is 12.6. The minimum absolute atomic E-state index is 0.0964. The second-order valence-corrected chi connectivity index (χ2v) is 8.49. The number of benzene rings is 2. The van der Waals surface area contributed by atoms with Gasteiger partial charge in [-0.25, -0.2) is 4.79 Å². The maximum atomic E-state index is 12.3. The smallest absolute Gasteiger partial charge is 0.335 e. The summed E-state index contributed by atoms with van der Waals surface area (Å²) in [5.74, 6) is 4.33. The van der Waals surface area contributed by atoms with Crippen LogP contribution in [0.4, 0.5) is 0 Å². The van der Waals surface area contributed by atoms with Gasteiger partial charge in [-0.05, 0) is 77.1 Å². The number of carboxylic acids is 1. The lowest BCUT2D eigenvalue weighted by atomic mass is 9.63. The van der Waals surface area contributed by atoms with Crippen LogP contribution in [0.15, 0.2) is 42.5 Å². The van der Waals surface area contributed by atoms with E-state index in [9.17, 15) is 9.59 Å². The fourth-order valence-electron chi connectivity index (χ4n) is 3.63.